The van der Waals surface area contributed by atoms with Gasteiger partial charge in [0.15, 0.2) is 0 Å². The SMILES string of the molecule is Cc1ccsc1CNc1nc[nH]c(=O)c1Br. The van der Waals surface area contributed by atoms with Gasteiger partial charge in [0.2, 0.25) is 0 Å². The van der Waals surface area contributed by atoms with Gasteiger partial charge < -0.3 is 10.3 Å². The zero-order valence-electron chi connectivity index (χ0n) is 8.58. The Morgan fingerprint density at radius 2 is 2.44 bits per heavy atom. The van der Waals surface area contributed by atoms with Gasteiger partial charge in [-0.05, 0) is 39.9 Å². The molecular formula is C10H10BrN3OS. The zero-order chi connectivity index (χ0) is 11.5. The van der Waals surface area contributed by atoms with E-state index in [0.29, 0.717) is 16.8 Å². The molecule has 2 aromatic heterocycles. The number of hydrogen-bond donors (Lipinski definition) is 2. The standard InChI is InChI=1S/C10H10BrN3OS/c1-6-2-3-16-7(6)4-12-9-8(11)10(15)14-5-13-9/h2-3,5H,4H2,1H3,(H2,12,13,14,15). The average molecular weight is 300 g/mol. The molecule has 0 aliphatic carbocycles. The van der Waals surface area contributed by atoms with Crippen molar-refractivity contribution in [3.05, 3.63) is 43.0 Å². The second-order valence-electron chi connectivity index (χ2n) is 3.27. The topological polar surface area (TPSA) is 57.8 Å². The van der Waals surface area contributed by atoms with Gasteiger partial charge >= 0.3 is 0 Å². The first-order valence-corrected chi connectivity index (χ1v) is 6.36. The quantitative estimate of drug-likeness (QED) is 0.915. The minimum absolute atomic E-state index is 0.180. The van der Waals surface area contributed by atoms with Gasteiger partial charge in [0.25, 0.3) is 5.56 Å². The number of aromatic nitrogens is 2. The lowest BCUT2D eigenvalue weighted by atomic mass is 10.3. The van der Waals surface area contributed by atoms with Crippen molar-refractivity contribution < 1.29 is 0 Å². The summed E-state index contributed by atoms with van der Waals surface area (Å²) in [7, 11) is 0. The number of thiophene rings is 1. The Morgan fingerprint density at radius 1 is 1.62 bits per heavy atom. The molecular weight excluding hydrogens is 290 g/mol. The number of rotatable bonds is 3. The molecule has 4 nitrogen and oxygen atoms in total. The maximum Gasteiger partial charge on any atom is 0.267 e. The van der Waals surface area contributed by atoms with Crippen molar-refractivity contribution in [2.24, 2.45) is 0 Å². The molecule has 0 aliphatic rings. The molecule has 0 saturated heterocycles. The van der Waals surface area contributed by atoms with Gasteiger partial charge in [0, 0.05) is 4.88 Å². The number of aromatic amines is 1. The Hall–Kier alpha value is -1.14. The highest BCUT2D eigenvalue weighted by atomic mass is 79.9. The van der Waals surface area contributed by atoms with Crippen LogP contribution in [0.2, 0.25) is 0 Å². The predicted octanol–water partition coefficient (Wildman–Crippen LogP) is 2.51. The van der Waals surface area contributed by atoms with Crippen LogP contribution in [0.3, 0.4) is 0 Å². The minimum Gasteiger partial charge on any atom is -0.364 e. The summed E-state index contributed by atoms with van der Waals surface area (Å²) < 4.78 is 0.434. The first-order valence-electron chi connectivity index (χ1n) is 4.68. The van der Waals surface area contributed by atoms with E-state index in [1.165, 1.54) is 16.8 Å². The van der Waals surface area contributed by atoms with Crippen molar-refractivity contribution in [1.29, 1.82) is 0 Å². The lowest BCUT2D eigenvalue weighted by Gasteiger charge is -2.05. The summed E-state index contributed by atoms with van der Waals surface area (Å²) in [5.41, 5.74) is 1.07. The number of anilines is 1. The Morgan fingerprint density at radius 3 is 3.12 bits per heavy atom. The predicted molar refractivity (Wildman–Crippen MR) is 68.9 cm³/mol. The maximum atomic E-state index is 11.3. The lowest BCUT2D eigenvalue weighted by molar-refractivity contribution is 1.05. The van der Waals surface area contributed by atoms with E-state index in [1.807, 2.05) is 5.38 Å². The van der Waals surface area contributed by atoms with Gasteiger partial charge in [-0.25, -0.2) is 4.98 Å². The number of nitrogens with one attached hydrogen (secondary N) is 2. The summed E-state index contributed by atoms with van der Waals surface area (Å²) in [5.74, 6) is 0.566. The van der Waals surface area contributed by atoms with Gasteiger partial charge in [0.1, 0.15) is 10.3 Å². The molecule has 0 aromatic carbocycles. The Labute approximate surface area is 105 Å². The molecule has 0 aliphatic heterocycles. The van der Waals surface area contributed by atoms with E-state index in [1.54, 1.807) is 11.3 Å². The Kier molecular flexibility index (Phi) is 3.40. The molecule has 0 saturated carbocycles. The zero-order valence-corrected chi connectivity index (χ0v) is 11.0. The lowest BCUT2D eigenvalue weighted by Crippen LogP contribution is -2.11. The summed E-state index contributed by atoms with van der Waals surface area (Å²) >= 11 is 4.88. The van der Waals surface area contributed by atoms with E-state index in [0.717, 1.165) is 0 Å². The smallest absolute Gasteiger partial charge is 0.267 e. The van der Waals surface area contributed by atoms with E-state index < -0.39 is 0 Å². The summed E-state index contributed by atoms with van der Waals surface area (Å²) in [6, 6.07) is 2.07. The van der Waals surface area contributed by atoms with Gasteiger partial charge in [-0.1, -0.05) is 0 Å². The molecule has 2 heterocycles. The molecule has 0 atom stereocenters. The van der Waals surface area contributed by atoms with Crippen molar-refractivity contribution in [1.82, 2.24) is 9.97 Å². The van der Waals surface area contributed by atoms with Gasteiger partial charge in [0.05, 0.1) is 12.9 Å². The highest BCUT2D eigenvalue weighted by molar-refractivity contribution is 9.10. The number of halogens is 1. The summed E-state index contributed by atoms with van der Waals surface area (Å²) in [6.07, 6.45) is 1.39. The van der Waals surface area contributed by atoms with Crippen LogP contribution in [0.15, 0.2) is 27.0 Å². The summed E-state index contributed by atoms with van der Waals surface area (Å²) in [5, 5.41) is 5.18. The molecule has 0 amide bonds. The molecule has 0 unspecified atom stereocenters. The third kappa shape index (κ3) is 2.33. The second kappa shape index (κ2) is 4.80. The van der Waals surface area contributed by atoms with E-state index in [9.17, 15) is 4.79 Å². The highest BCUT2D eigenvalue weighted by Crippen LogP contribution is 2.19. The van der Waals surface area contributed by atoms with Crippen LogP contribution in [0.25, 0.3) is 0 Å². The van der Waals surface area contributed by atoms with Crippen molar-refractivity contribution in [2.45, 2.75) is 13.5 Å². The minimum atomic E-state index is -0.180. The summed E-state index contributed by atoms with van der Waals surface area (Å²) in [4.78, 5) is 19.1. The van der Waals surface area contributed by atoms with E-state index >= 15 is 0 Å². The molecule has 84 valence electrons. The van der Waals surface area contributed by atoms with Gasteiger partial charge in [-0.3, -0.25) is 4.79 Å². The van der Waals surface area contributed by atoms with Crippen LogP contribution in [-0.2, 0) is 6.54 Å². The van der Waals surface area contributed by atoms with Crippen LogP contribution in [0, 0.1) is 6.92 Å². The Balaban J connectivity index is 2.14. The van der Waals surface area contributed by atoms with E-state index in [2.05, 4.69) is 44.2 Å². The number of aryl methyl sites for hydroxylation is 1. The van der Waals surface area contributed by atoms with Crippen LogP contribution < -0.4 is 10.9 Å². The molecule has 0 radical (unpaired) electrons. The van der Waals surface area contributed by atoms with E-state index in [-0.39, 0.29) is 5.56 Å². The fourth-order valence-corrected chi connectivity index (χ4v) is 2.46. The van der Waals surface area contributed by atoms with Crippen LogP contribution in [0.1, 0.15) is 10.4 Å². The number of nitrogens with zero attached hydrogens (tertiary/aromatic N) is 1. The fraction of sp³-hybridized carbons (Fsp3) is 0.200. The van der Waals surface area contributed by atoms with Gasteiger partial charge in [-0.2, -0.15) is 0 Å². The average Bonchev–Trinajstić information content (AvgIpc) is 2.67. The summed E-state index contributed by atoms with van der Waals surface area (Å²) in [6.45, 7) is 2.74. The van der Waals surface area contributed by atoms with E-state index in [4.69, 9.17) is 0 Å². The van der Waals surface area contributed by atoms with Crippen LogP contribution >= 0.6 is 27.3 Å². The van der Waals surface area contributed by atoms with Crippen LogP contribution in [-0.4, -0.2) is 9.97 Å². The third-order valence-electron chi connectivity index (χ3n) is 2.18. The highest BCUT2D eigenvalue weighted by Gasteiger charge is 2.05. The molecule has 2 rings (SSSR count). The van der Waals surface area contributed by atoms with Crippen molar-refractivity contribution in [3.63, 3.8) is 0 Å². The molecule has 2 aromatic rings. The normalized spacial score (nSPS) is 10.4. The molecule has 6 heteroatoms. The third-order valence-corrected chi connectivity index (χ3v) is 3.94. The number of hydrogen-bond acceptors (Lipinski definition) is 4. The molecule has 0 fully saturated rings. The van der Waals surface area contributed by atoms with Crippen molar-refractivity contribution in [2.75, 3.05) is 5.32 Å². The molecule has 2 N–H and O–H groups in total. The van der Waals surface area contributed by atoms with Crippen LogP contribution in [0.5, 0.6) is 0 Å². The molecule has 16 heavy (non-hydrogen) atoms. The monoisotopic (exact) mass is 299 g/mol. The first kappa shape index (κ1) is 11.3. The van der Waals surface area contributed by atoms with Crippen LogP contribution in [0.4, 0.5) is 5.82 Å². The maximum absolute atomic E-state index is 11.3. The molecule has 0 spiro atoms. The largest absolute Gasteiger partial charge is 0.364 e. The van der Waals surface area contributed by atoms with Crippen molar-refractivity contribution in [3.8, 4) is 0 Å². The van der Waals surface area contributed by atoms with Crippen molar-refractivity contribution >= 4 is 33.1 Å². The molecule has 0 bridgehead atoms. The van der Waals surface area contributed by atoms with Gasteiger partial charge in [-0.15, -0.1) is 11.3 Å². The Bertz CT molecular complexity index is 549. The first-order chi connectivity index (χ1) is 7.68. The number of H-pyrrole nitrogens is 1. The second-order valence-corrected chi connectivity index (χ2v) is 5.07. The fourth-order valence-electron chi connectivity index (χ4n) is 1.26.